The molecule has 1 amide bonds. The standard InChI is InChI=1S/C11H22N2OS/c1-2-5-10(12)11(14)13-8-9-6-3-4-7-15-9/h9-10H,2-8,12H2,1H3,(H,13,14)/t9?,10-/m0/s1. The van der Waals surface area contributed by atoms with Gasteiger partial charge in [-0.25, -0.2) is 0 Å². The number of amides is 1. The molecule has 0 saturated carbocycles. The lowest BCUT2D eigenvalue weighted by atomic mass is 10.1. The second-order valence-corrected chi connectivity index (χ2v) is 5.54. The van der Waals surface area contributed by atoms with E-state index in [1.54, 1.807) is 0 Å². The molecule has 1 unspecified atom stereocenters. The average molecular weight is 230 g/mol. The maximum atomic E-state index is 11.5. The second kappa shape index (κ2) is 7.12. The summed E-state index contributed by atoms with van der Waals surface area (Å²) >= 11 is 1.97. The van der Waals surface area contributed by atoms with Crippen molar-refractivity contribution in [3.05, 3.63) is 0 Å². The lowest BCUT2D eigenvalue weighted by Crippen LogP contribution is -2.43. The first kappa shape index (κ1) is 12.8. The molecule has 0 aromatic rings. The molecular weight excluding hydrogens is 208 g/mol. The SMILES string of the molecule is CCC[C@H](N)C(=O)NCC1CCCCS1. The van der Waals surface area contributed by atoms with E-state index < -0.39 is 0 Å². The summed E-state index contributed by atoms with van der Waals surface area (Å²) in [5, 5.41) is 3.56. The van der Waals surface area contributed by atoms with Gasteiger partial charge in [0.2, 0.25) is 5.91 Å². The predicted octanol–water partition coefficient (Wildman–Crippen LogP) is 1.52. The van der Waals surface area contributed by atoms with Crippen LogP contribution in [0.5, 0.6) is 0 Å². The first-order chi connectivity index (χ1) is 7.24. The van der Waals surface area contributed by atoms with E-state index in [1.165, 1.54) is 25.0 Å². The Morgan fingerprint density at radius 2 is 2.40 bits per heavy atom. The van der Waals surface area contributed by atoms with Gasteiger partial charge in [0.1, 0.15) is 0 Å². The van der Waals surface area contributed by atoms with Crippen molar-refractivity contribution in [2.45, 2.75) is 50.3 Å². The van der Waals surface area contributed by atoms with E-state index in [-0.39, 0.29) is 11.9 Å². The molecule has 88 valence electrons. The van der Waals surface area contributed by atoms with E-state index in [0.29, 0.717) is 5.25 Å². The van der Waals surface area contributed by atoms with Gasteiger partial charge < -0.3 is 11.1 Å². The molecule has 1 aliphatic rings. The lowest BCUT2D eigenvalue weighted by Gasteiger charge is -2.22. The van der Waals surface area contributed by atoms with Crippen LogP contribution in [0.25, 0.3) is 0 Å². The van der Waals surface area contributed by atoms with Gasteiger partial charge >= 0.3 is 0 Å². The van der Waals surface area contributed by atoms with Crippen molar-refractivity contribution in [2.24, 2.45) is 5.73 Å². The fraction of sp³-hybridized carbons (Fsp3) is 0.909. The Morgan fingerprint density at radius 1 is 1.60 bits per heavy atom. The van der Waals surface area contributed by atoms with Gasteiger partial charge in [-0.05, 0) is 25.0 Å². The highest BCUT2D eigenvalue weighted by molar-refractivity contribution is 7.99. The van der Waals surface area contributed by atoms with Gasteiger partial charge in [0.25, 0.3) is 0 Å². The third-order valence-electron chi connectivity index (χ3n) is 2.71. The van der Waals surface area contributed by atoms with Crippen molar-refractivity contribution in [3.63, 3.8) is 0 Å². The van der Waals surface area contributed by atoms with Crippen LogP contribution >= 0.6 is 11.8 Å². The van der Waals surface area contributed by atoms with Crippen molar-refractivity contribution < 1.29 is 4.79 Å². The minimum Gasteiger partial charge on any atom is -0.354 e. The molecule has 15 heavy (non-hydrogen) atoms. The first-order valence-corrected chi connectivity index (χ1v) is 6.93. The lowest BCUT2D eigenvalue weighted by molar-refractivity contribution is -0.122. The highest BCUT2D eigenvalue weighted by Gasteiger charge is 2.17. The van der Waals surface area contributed by atoms with Gasteiger partial charge in [0.15, 0.2) is 0 Å². The average Bonchev–Trinajstić information content (AvgIpc) is 2.27. The van der Waals surface area contributed by atoms with E-state index >= 15 is 0 Å². The van der Waals surface area contributed by atoms with Crippen molar-refractivity contribution in [1.29, 1.82) is 0 Å². The van der Waals surface area contributed by atoms with Gasteiger partial charge in [-0.2, -0.15) is 11.8 Å². The fourth-order valence-corrected chi connectivity index (χ4v) is 2.99. The Balaban J connectivity index is 2.14. The van der Waals surface area contributed by atoms with Crippen molar-refractivity contribution in [2.75, 3.05) is 12.3 Å². The molecule has 2 atom stereocenters. The molecule has 1 fully saturated rings. The molecule has 0 aliphatic carbocycles. The molecule has 1 heterocycles. The van der Waals surface area contributed by atoms with Crippen LogP contribution in [0.15, 0.2) is 0 Å². The molecule has 4 heteroatoms. The predicted molar refractivity (Wildman–Crippen MR) is 66.0 cm³/mol. The molecule has 0 spiro atoms. The van der Waals surface area contributed by atoms with Gasteiger partial charge in [-0.3, -0.25) is 4.79 Å². The van der Waals surface area contributed by atoms with Crippen LogP contribution in [0, 0.1) is 0 Å². The Morgan fingerprint density at radius 3 is 3.00 bits per heavy atom. The van der Waals surface area contributed by atoms with Crippen molar-refractivity contribution >= 4 is 17.7 Å². The number of carbonyl (C=O) groups excluding carboxylic acids is 1. The fourth-order valence-electron chi connectivity index (χ4n) is 1.76. The number of nitrogens with one attached hydrogen (secondary N) is 1. The number of nitrogens with two attached hydrogens (primary N) is 1. The highest BCUT2D eigenvalue weighted by atomic mass is 32.2. The molecule has 0 radical (unpaired) electrons. The quantitative estimate of drug-likeness (QED) is 0.753. The largest absolute Gasteiger partial charge is 0.354 e. The van der Waals surface area contributed by atoms with Crippen LogP contribution in [-0.2, 0) is 4.79 Å². The maximum Gasteiger partial charge on any atom is 0.236 e. The van der Waals surface area contributed by atoms with Crippen LogP contribution in [0.4, 0.5) is 0 Å². The Labute approximate surface area is 96.6 Å². The minimum absolute atomic E-state index is 0.0167. The Kier molecular flexibility index (Phi) is 6.10. The topological polar surface area (TPSA) is 55.1 Å². The summed E-state index contributed by atoms with van der Waals surface area (Å²) in [6.45, 7) is 2.84. The van der Waals surface area contributed by atoms with Gasteiger partial charge in [-0.1, -0.05) is 19.8 Å². The molecule has 3 nitrogen and oxygen atoms in total. The summed E-state index contributed by atoms with van der Waals surface area (Å²) in [7, 11) is 0. The second-order valence-electron chi connectivity index (χ2n) is 4.13. The zero-order valence-electron chi connectivity index (χ0n) is 9.50. The van der Waals surface area contributed by atoms with E-state index in [2.05, 4.69) is 5.32 Å². The number of hydrogen-bond acceptors (Lipinski definition) is 3. The maximum absolute atomic E-state index is 11.5. The number of carbonyl (C=O) groups is 1. The molecule has 0 aromatic heterocycles. The third-order valence-corrected chi connectivity index (χ3v) is 4.11. The van der Waals surface area contributed by atoms with Crippen molar-refractivity contribution in [1.82, 2.24) is 5.32 Å². The zero-order valence-corrected chi connectivity index (χ0v) is 10.3. The number of rotatable bonds is 5. The molecule has 1 saturated heterocycles. The van der Waals surface area contributed by atoms with Crippen molar-refractivity contribution in [3.8, 4) is 0 Å². The van der Waals surface area contributed by atoms with Crippen LogP contribution in [0.2, 0.25) is 0 Å². The molecule has 1 rings (SSSR count). The van der Waals surface area contributed by atoms with Gasteiger partial charge in [0.05, 0.1) is 6.04 Å². The van der Waals surface area contributed by atoms with E-state index in [4.69, 9.17) is 5.73 Å². The Bertz CT molecular complexity index is 193. The molecule has 0 aromatic carbocycles. The van der Waals surface area contributed by atoms with E-state index in [1.807, 2.05) is 18.7 Å². The normalized spacial score (nSPS) is 23.5. The summed E-state index contributed by atoms with van der Waals surface area (Å²) in [4.78, 5) is 11.5. The van der Waals surface area contributed by atoms with Crippen LogP contribution < -0.4 is 11.1 Å². The summed E-state index contributed by atoms with van der Waals surface area (Å²) in [5.41, 5.74) is 5.72. The summed E-state index contributed by atoms with van der Waals surface area (Å²) in [6.07, 6.45) is 5.60. The molecular formula is C11H22N2OS. The summed E-state index contributed by atoms with van der Waals surface area (Å²) in [5.74, 6) is 1.25. The number of thioether (sulfide) groups is 1. The molecule has 1 aliphatic heterocycles. The van der Waals surface area contributed by atoms with E-state index in [9.17, 15) is 4.79 Å². The van der Waals surface area contributed by atoms with Gasteiger partial charge in [0, 0.05) is 11.8 Å². The first-order valence-electron chi connectivity index (χ1n) is 5.89. The van der Waals surface area contributed by atoms with E-state index in [0.717, 1.165) is 19.4 Å². The summed E-state index contributed by atoms with van der Waals surface area (Å²) in [6, 6.07) is -0.316. The van der Waals surface area contributed by atoms with Crippen LogP contribution in [0.3, 0.4) is 0 Å². The monoisotopic (exact) mass is 230 g/mol. The Hall–Kier alpha value is -0.220. The smallest absolute Gasteiger partial charge is 0.236 e. The highest BCUT2D eigenvalue weighted by Crippen LogP contribution is 2.24. The third kappa shape index (κ3) is 4.89. The number of hydrogen-bond donors (Lipinski definition) is 2. The van der Waals surface area contributed by atoms with Crippen LogP contribution in [-0.4, -0.2) is 29.5 Å². The minimum atomic E-state index is -0.316. The van der Waals surface area contributed by atoms with Crippen LogP contribution in [0.1, 0.15) is 39.0 Å². The van der Waals surface area contributed by atoms with Gasteiger partial charge in [-0.15, -0.1) is 0 Å². The molecule has 3 N–H and O–H groups in total. The summed E-state index contributed by atoms with van der Waals surface area (Å²) < 4.78 is 0. The zero-order chi connectivity index (χ0) is 11.1. The molecule has 0 bridgehead atoms.